The lowest BCUT2D eigenvalue weighted by atomic mass is 10.1. The number of H-pyrrole nitrogens is 1. The third kappa shape index (κ3) is 4.26. The second-order valence-corrected chi connectivity index (χ2v) is 7.69. The number of pyridine rings is 2. The summed E-state index contributed by atoms with van der Waals surface area (Å²) in [7, 11) is 0. The van der Waals surface area contributed by atoms with Gasteiger partial charge in [0.1, 0.15) is 22.7 Å². The number of nitrogens with one attached hydrogen (secondary N) is 2. The summed E-state index contributed by atoms with van der Waals surface area (Å²) in [5, 5.41) is 12.7. The summed E-state index contributed by atoms with van der Waals surface area (Å²) in [6, 6.07) is 11.2. The number of nitrogens with zero attached hydrogens (tertiary/aromatic N) is 5. The Morgan fingerprint density at radius 3 is 2.58 bits per heavy atom. The van der Waals surface area contributed by atoms with Gasteiger partial charge in [-0.2, -0.15) is 5.26 Å². The molecule has 2 N–H and O–H groups in total. The van der Waals surface area contributed by atoms with E-state index in [0.717, 1.165) is 40.1 Å². The molecule has 154 valence electrons. The molecule has 0 atom stereocenters. The predicted octanol–water partition coefficient (Wildman–Crippen LogP) is 3.68. The Morgan fingerprint density at radius 1 is 1.13 bits per heavy atom. The van der Waals surface area contributed by atoms with Crippen molar-refractivity contribution in [3.63, 3.8) is 0 Å². The molecule has 0 fully saturated rings. The van der Waals surface area contributed by atoms with Crippen molar-refractivity contribution in [3.05, 3.63) is 60.4 Å². The Hall–Kier alpha value is -4.12. The van der Waals surface area contributed by atoms with Crippen molar-refractivity contribution >= 4 is 16.9 Å². The third-order valence-electron chi connectivity index (χ3n) is 4.79. The van der Waals surface area contributed by atoms with Gasteiger partial charge in [0.05, 0.1) is 17.5 Å². The first-order chi connectivity index (χ1) is 14.9. The highest BCUT2D eigenvalue weighted by atomic mass is 16.2. The summed E-state index contributed by atoms with van der Waals surface area (Å²) in [5.41, 5.74) is 3.16. The fourth-order valence-electron chi connectivity index (χ4n) is 3.09. The molecular formula is C23H21N7O. The Balaban J connectivity index is 1.64. The van der Waals surface area contributed by atoms with Crippen LogP contribution in [-0.4, -0.2) is 36.4 Å². The van der Waals surface area contributed by atoms with Gasteiger partial charge in [-0.1, -0.05) is 13.0 Å². The number of amides is 1. The zero-order valence-corrected chi connectivity index (χ0v) is 17.5. The van der Waals surface area contributed by atoms with Crippen LogP contribution in [0.5, 0.6) is 0 Å². The number of hydrogen-bond donors (Lipinski definition) is 2. The number of hydrogen-bond acceptors (Lipinski definition) is 6. The van der Waals surface area contributed by atoms with Crippen LogP contribution in [0.3, 0.4) is 0 Å². The van der Waals surface area contributed by atoms with Crippen molar-refractivity contribution < 1.29 is 4.79 Å². The van der Waals surface area contributed by atoms with Crippen LogP contribution in [0.4, 0.5) is 0 Å². The number of aromatic amines is 1. The number of aromatic nitrogens is 5. The van der Waals surface area contributed by atoms with Gasteiger partial charge < -0.3 is 10.3 Å². The van der Waals surface area contributed by atoms with Gasteiger partial charge in [-0.05, 0) is 38.1 Å². The average Bonchev–Trinajstić information content (AvgIpc) is 3.22. The van der Waals surface area contributed by atoms with E-state index in [-0.39, 0.29) is 5.69 Å². The molecule has 0 aromatic carbocycles. The van der Waals surface area contributed by atoms with Crippen LogP contribution < -0.4 is 5.32 Å². The number of aryl methyl sites for hydroxylation is 1. The van der Waals surface area contributed by atoms with Crippen LogP contribution >= 0.6 is 0 Å². The van der Waals surface area contributed by atoms with Crippen molar-refractivity contribution in [3.8, 4) is 28.6 Å². The standard InChI is InChI=1S/C23H21N7O/c1-4-20-25-11-16(12-26-20)19-9-14-8-15(10-27-21(14)29-19)17-6-5-7-18(28-17)22(31)30-23(2,3)13-24/h5-12H,4H2,1-3H3,(H,27,29)(H,30,31). The van der Waals surface area contributed by atoms with Gasteiger partial charge in [0.2, 0.25) is 0 Å². The number of carbonyl (C=O) groups excluding carboxylic acids is 1. The van der Waals surface area contributed by atoms with Crippen molar-refractivity contribution in [1.29, 1.82) is 5.26 Å². The predicted molar refractivity (Wildman–Crippen MR) is 117 cm³/mol. The highest BCUT2D eigenvalue weighted by molar-refractivity contribution is 5.94. The normalized spacial score (nSPS) is 11.3. The fraction of sp³-hybridized carbons (Fsp3) is 0.217. The molecule has 0 unspecified atom stereocenters. The highest BCUT2D eigenvalue weighted by Gasteiger charge is 2.21. The molecule has 0 spiro atoms. The zero-order valence-electron chi connectivity index (χ0n) is 17.5. The summed E-state index contributed by atoms with van der Waals surface area (Å²) in [5.74, 6) is 0.398. The molecule has 1 amide bonds. The van der Waals surface area contributed by atoms with E-state index < -0.39 is 11.4 Å². The van der Waals surface area contributed by atoms with Crippen LogP contribution in [0.25, 0.3) is 33.5 Å². The molecule has 0 saturated heterocycles. The molecule has 8 heteroatoms. The van der Waals surface area contributed by atoms with Gasteiger partial charge in [-0.15, -0.1) is 0 Å². The summed E-state index contributed by atoms with van der Waals surface area (Å²) in [6.07, 6.45) is 6.09. The Kier molecular flexibility index (Phi) is 5.17. The maximum Gasteiger partial charge on any atom is 0.271 e. The maximum absolute atomic E-state index is 12.5. The maximum atomic E-state index is 12.5. The number of carbonyl (C=O) groups is 1. The van der Waals surface area contributed by atoms with Crippen LogP contribution in [-0.2, 0) is 6.42 Å². The third-order valence-corrected chi connectivity index (χ3v) is 4.79. The fourth-order valence-corrected chi connectivity index (χ4v) is 3.09. The Labute approximate surface area is 179 Å². The lowest BCUT2D eigenvalue weighted by Crippen LogP contribution is -2.42. The number of nitriles is 1. The average molecular weight is 411 g/mol. The molecule has 0 aliphatic rings. The van der Waals surface area contributed by atoms with E-state index in [1.54, 1.807) is 44.6 Å². The first-order valence-corrected chi connectivity index (χ1v) is 9.90. The van der Waals surface area contributed by atoms with Gasteiger partial charge in [0.15, 0.2) is 0 Å². The smallest absolute Gasteiger partial charge is 0.271 e. The summed E-state index contributed by atoms with van der Waals surface area (Å²) < 4.78 is 0. The molecule has 0 bridgehead atoms. The monoisotopic (exact) mass is 411 g/mol. The topological polar surface area (TPSA) is 120 Å². The molecule has 4 rings (SSSR count). The molecule has 0 aliphatic carbocycles. The number of rotatable bonds is 5. The van der Waals surface area contributed by atoms with Crippen molar-refractivity contribution in [2.24, 2.45) is 0 Å². The van der Waals surface area contributed by atoms with Crippen molar-refractivity contribution in [2.45, 2.75) is 32.7 Å². The van der Waals surface area contributed by atoms with Crippen LogP contribution in [0.1, 0.15) is 37.1 Å². The first-order valence-electron chi connectivity index (χ1n) is 9.90. The van der Waals surface area contributed by atoms with E-state index in [0.29, 0.717) is 5.69 Å². The molecule has 4 aromatic rings. The number of fused-ring (bicyclic) bond motifs is 1. The van der Waals surface area contributed by atoms with Gasteiger partial charge in [0, 0.05) is 41.5 Å². The largest absolute Gasteiger partial charge is 0.339 e. The molecule has 0 aliphatic heterocycles. The van der Waals surface area contributed by atoms with Crippen LogP contribution in [0.15, 0.2) is 48.9 Å². The minimum atomic E-state index is -0.976. The quantitative estimate of drug-likeness (QED) is 0.517. The molecule has 4 aromatic heterocycles. The highest BCUT2D eigenvalue weighted by Crippen LogP contribution is 2.26. The van der Waals surface area contributed by atoms with E-state index in [1.165, 1.54) is 0 Å². The molecule has 0 saturated carbocycles. The molecule has 8 nitrogen and oxygen atoms in total. The Morgan fingerprint density at radius 2 is 1.87 bits per heavy atom. The lowest BCUT2D eigenvalue weighted by Gasteiger charge is -2.17. The van der Waals surface area contributed by atoms with E-state index >= 15 is 0 Å². The summed E-state index contributed by atoms with van der Waals surface area (Å²) in [4.78, 5) is 33.4. The molecule has 31 heavy (non-hydrogen) atoms. The lowest BCUT2D eigenvalue weighted by molar-refractivity contribution is 0.0924. The SMILES string of the molecule is CCc1ncc(-c2cc3cc(-c4cccc(C(=O)NC(C)(C)C#N)n4)cnc3[nH]2)cn1. The van der Waals surface area contributed by atoms with E-state index in [4.69, 9.17) is 5.26 Å². The van der Waals surface area contributed by atoms with Gasteiger partial charge >= 0.3 is 0 Å². The Bertz CT molecular complexity index is 1300. The van der Waals surface area contributed by atoms with Gasteiger partial charge in [0.25, 0.3) is 5.91 Å². The zero-order chi connectivity index (χ0) is 22.0. The van der Waals surface area contributed by atoms with Crippen molar-refractivity contribution in [2.75, 3.05) is 0 Å². The minimum absolute atomic E-state index is 0.240. The molecular weight excluding hydrogens is 390 g/mol. The van der Waals surface area contributed by atoms with E-state index in [2.05, 4.69) is 30.2 Å². The molecule has 0 radical (unpaired) electrons. The second-order valence-electron chi connectivity index (χ2n) is 7.69. The van der Waals surface area contributed by atoms with Gasteiger partial charge in [-0.25, -0.2) is 19.9 Å². The van der Waals surface area contributed by atoms with Crippen LogP contribution in [0.2, 0.25) is 0 Å². The van der Waals surface area contributed by atoms with Crippen molar-refractivity contribution in [1.82, 2.24) is 30.2 Å². The second kappa shape index (κ2) is 7.95. The van der Waals surface area contributed by atoms with E-state index in [9.17, 15) is 4.79 Å². The van der Waals surface area contributed by atoms with E-state index in [1.807, 2.05) is 31.2 Å². The summed E-state index contributed by atoms with van der Waals surface area (Å²) >= 11 is 0. The summed E-state index contributed by atoms with van der Waals surface area (Å²) in [6.45, 7) is 5.29. The minimum Gasteiger partial charge on any atom is -0.339 e. The van der Waals surface area contributed by atoms with Gasteiger partial charge in [-0.3, -0.25) is 4.79 Å². The first kappa shape index (κ1) is 20.2. The molecule has 4 heterocycles. The van der Waals surface area contributed by atoms with Crippen LogP contribution in [0, 0.1) is 11.3 Å².